The number of fused-ring (bicyclic) bond motifs is 5. The van der Waals surface area contributed by atoms with E-state index in [1.165, 1.54) is 44.5 Å². The van der Waals surface area contributed by atoms with Crippen LogP contribution in [-0.4, -0.2) is 23.8 Å². The maximum Gasteiger partial charge on any atom is 0.186 e. The van der Waals surface area contributed by atoms with E-state index in [4.69, 9.17) is 9.47 Å². The summed E-state index contributed by atoms with van der Waals surface area (Å²) in [5.74, 6) is 1.29. The fourth-order valence-electron chi connectivity index (χ4n) is 6.58. The van der Waals surface area contributed by atoms with Crippen molar-refractivity contribution in [1.29, 1.82) is 0 Å². The van der Waals surface area contributed by atoms with Crippen LogP contribution in [0.3, 0.4) is 0 Å². The third-order valence-corrected chi connectivity index (χ3v) is 8.40. The van der Waals surface area contributed by atoms with Crippen LogP contribution in [0.1, 0.15) is 33.4 Å². The highest BCUT2D eigenvalue weighted by Crippen LogP contribution is 2.57. The number of aliphatic hydroxyl groups is 2. The molecule has 6 aromatic carbocycles. The summed E-state index contributed by atoms with van der Waals surface area (Å²) in [6, 6.07) is 38.8. The molecule has 41 heavy (non-hydrogen) atoms. The predicted molar refractivity (Wildman–Crippen MR) is 164 cm³/mol. The van der Waals surface area contributed by atoms with Crippen LogP contribution in [0.2, 0.25) is 0 Å². The van der Waals surface area contributed by atoms with Gasteiger partial charge in [-0.2, -0.15) is 0 Å². The van der Waals surface area contributed by atoms with Crippen LogP contribution in [0, 0.1) is 13.8 Å². The Morgan fingerprint density at radius 1 is 0.488 bits per heavy atom. The third-order valence-electron chi connectivity index (χ3n) is 8.40. The van der Waals surface area contributed by atoms with Crippen LogP contribution < -0.4 is 9.47 Å². The first-order chi connectivity index (χ1) is 20.0. The Balaban J connectivity index is 1.55. The summed E-state index contributed by atoms with van der Waals surface area (Å²) in [4.78, 5) is 0. The average Bonchev–Trinajstić information content (AvgIpc) is 3.26. The van der Waals surface area contributed by atoms with Gasteiger partial charge in [0.1, 0.15) is 11.5 Å². The van der Waals surface area contributed by atoms with E-state index in [-0.39, 0.29) is 13.6 Å². The van der Waals surface area contributed by atoms with Gasteiger partial charge >= 0.3 is 0 Å². The Kier molecular flexibility index (Phi) is 6.04. The normalized spacial score (nSPS) is 13.3. The molecule has 0 aromatic heterocycles. The molecular weight excluding hydrogens is 508 g/mol. The van der Waals surface area contributed by atoms with Crippen LogP contribution in [0.25, 0.3) is 32.7 Å². The van der Waals surface area contributed by atoms with E-state index < -0.39 is 5.41 Å². The summed E-state index contributed by atoms with van der Waals surface area (Å²) >= 11 is 0. The average molecular weight is 539 g/mol. The zero-order chi connectivity index (χ0) is 28.1. The molecule has 0 atom stereocenters. The smallest absolute Gasteiger partial charge is 0.186 e. The SMILES string of the molecule is Cc1ccc2c(c1)C(c1ccc3cc(OCO)ccc3c1)(c1ccc3cc(OCO)ccc3c1)c1cc(C)ccc1-2. The molecule has 1 aliphatic rings. The minimum absolute atomic E-state index is 0.353. The van der Waals surface area contributed by atoms with Crippen molar-refractivity contribution in [1.82, 2.24) is 0 Å². The molecule has 0 fully saturated rings. The van der Waals surface area contributed by atoms with E-state index in [0.717, 1.165) is 21.5 Å². The lowest BCUT2D eigenvalue weighted by molar-refractivity contribution is 0.0982. The minimum atomic E-state index is -0.536. The van der Waals surface area contributed by atoms with Crippen molar-refractivity contribution in [2.24, 2.45) is 0 Å². The van der Waals surface area contributed by atoms with Crippen LogP contribution in [0.5, 0.6) is 11.5 Å². The van der Waals surface area contributed by atoms with Gasteiger partial charge in [0, 0.05) is 0 Å². The highest BCUT2D eigenvalue weighted by atomic mass is 16.6. The predicted octanol–water partition coefficient (Wildman–Crippen LogP) is 7.63. The van der Waals surface area contributed by atoms with Gasteiger partial charge in [0.15, 0.2) is 13.6 Å². The summed E-state index contributed by atoms with van der Waals surface area (Å²) in [7, 11) is 0. The highest BCUT2D eigenvalue weighted by Gasteiger charge is 2.46. The quantitative estimate of drug-likeness (QED) is 0.214. The molecule has 0 amide bonds. The first kappa shape index (κ1) is 25.3. The molecule has 0 bridgehead atoms. The van der Waals surface area contributed by atoms with Crippen LogP contribution in [0.15, 0.2) is 109 Å². The molecule has 0 saturated heterocycles. The van der Waals surface area contributed by atoms with Gasteiger partial charge in [-0.25, -0.2) is 0 Å². The Hall–Kier alpha value is -4.64. The molecule has 0 spiro atoms. The van der Waals surface area contributed by atoms with Gasteiger partial charge in [-0.15, -0.1) is 0 Å². The molecule has 2 N–H and O–H groups in total. The molecule has 4 heteroatoms. The molecule has 6 aromatic rings. The number of hydrogen-bond acceptors (Lipinski definition) is 4. The van der Waals surface area contributed by atoms with E-state index in [0.29, 0.717) is 11.5 Å². The standard InChI is InChI=1S/C37H30O4/c1-23-3-13-33-34-14-4-24(2)16-36(34)37(35(33)15-23,29-9-5-27-19-31(40-21-38)11-7-25(27)17-29)30-10-6-28-20-32(41-22-39)12-8-26(28)18-30/h3-20,38-39H,21-22H2,1-2H3. The molecule has 7 rings (SSSR count). The highest BCUT2D eigenvalue weighted by molar-refractivity contribution is 5.92. The molecule has 0 heterocycles. The van der Waals surface area contributed by atoms with Gasteiger partial charge in [-0.05, 0) is 105 Å². The molecule has 0 aliphatic heterocycles. The van der Waals surface area contributed by atoms with Crippen molar-refractivity contribution >= 4 is 21.5 Å². The number of ether oxygens (including phenoxy) is 2. The maximum absolute atomic E-state index is 9.25. The number of aryl methyl sites for hydroxylation is 2. The summed E-state index contributed by atoms with van der Waals surface area (Å²) in [6.45, 7) is 3.61. The van der Waals surface area contributed by atoms with Crippen LogP contribution >= 0.6 is 0 Å². The van der Waals surface area contributed by atoms with Gasteiger partial charge in [-0.1, -0.05) is 83.9 Å². The largest absolute Gasteiger partial charge is 0.468 e. The van der Waals surface area contributed by atoms with Crippen molar-refractivity contribution in [2.75, 3.05) is 13.6 Å². The van der Waals surface area contributed by atoms with E-state index in [1.807, 2.05) is 24.3 Å². The molecule has 0 radical (unpaired) electrons. The van der Waals surface area contributed by atoms with Crippen molar-refractivity contribution in [3.8, 4) is 22.6 Å². The molecule has 202 valence electrons. The second-order valence-corrected chi connectivity index (χ2v) is 10.8. The van der Waals surface area contributed by atoms with E-state index in [2.05, 4.69) is 98.8 Å². The summed E-state index contributed by atoms with van der Waals surface area (Å²) in [5, 5.41) is 22.8. The molecule has 0 unspecified atom stereocenters. The van der Waals surface area contributed by atoms with Crippen molar-refractivity contribution in [3.63, 3.8) is 0 Å². The summed E-state index contributed by atoms with van der Waals surface area (Å²) in [6.07, 6.45) is 0. The first-order valence-electron chi connectivity index (χ1n) is 13.8. The fraction of sp³-hybridized carbons (Fsp3) is 0.135. The second kappa shape index (κ2) is 9.77. The monoisotopic (exact) mass is 538 g/mol. The topological polar surface area (TPSA) is 58.9 Å². The molecular formula is C37H30O4. The maximum atomic E-state index is 9.25. The Morgan fingerprint density at radius 2 is 0.902 bits per heavy atom. The molecule has 4 nitrogen and oxygen atoms in total. The Labute approximate surface area is 239 Å². The van der Waals surface area contributed by atoms with Crippen molar-refractivity contribution in [2.45, 2.75) is 19.3 Å². The number of aliphatic hydroxyl groups excluding tert-OH is 2. The number of benzene rings is 6. The fourth-order valence-corrected chi connectivity index (χ4v) is 6.58. The van der Waals surface area contributed by atoms with E-state index >= 15 is 0 Å². The molecule has 0 saturated carbocycles. The van der Waals surface area contributed by atoms with Gasteiger partial charge in [0.05, 0.1) is 5.41 Å². The zero-order valence-corrected chi connectivity index (χ0v) is 23.0. The van der Waals surface area contributed by atoms with Gasteiger partial charge < -0.3 is 19.7 Å². The van der Waals surface area contributed by atoms with Gasteiger partial charge in [0.25, 0.3) is 0 Å². The van der Waals surface area contributed by atoms with Gasteiger partial charge in [-0.3, -0.25) is 0 Å². The minimum Gasteiger partial charge on any atom is -0.468 e. The number of hydrogen-bond donors (Lipinski definition) is 2. The Bertz CT molecular complexity index is 1810. The molecule has 1 aliphatic carbocycles. The van der Waals surface area contributed by atoms with Crippen LogP contribution in [-0.2, 0) is 5.41 Å². The summed E-state index contributed by atoms with van der Waals surface area (Å²) in [5.41, 5.74) is 9.34. The van der Waals surface area contributed by atoms with E-state index in [9.17, 15) is 10.2 Å². The van der Waals surface area contributed by atoms with E-state index in [1.54, 1.807) is 0 Å². The lowest BCUT2D eigenvalue weighted by Gasteiger charge is -2.34. The van der Waals surface area contributed by atoms with Crippen molar-refractivity contribution in [3.05, 3.63) is 143 Å². The first-order valence-corrected chi connectivity index (χ1v) is 13.8. The number of rotatable bonds is 6. The van der Waals surface area contributed by atoms with Crippen molar-refractivity contribution < 1.29 is 19.7 Å². The van der Waals surface area contributed by atoms with Crippen LogP contribution in [0.4, 0.5) is 0 Å². The third kappa shape index (κ3) is 3.99. The lowest BCUT2D eigenvalue weighted by Crippen LogP contribution is -2.28. The zero-order valence-electron chi connectivity index (χ0n) is 23.0. The second-order valence-electron chi connectivity index (χ2n) is 10.8. The summed E-state index contributed by atoms with van der Waals surface area (Å²) < 4.78 is 10.7. The lowest BCUT2D eigenvalue weighted by atomic mass is 9.67. The Morgan fingerprint density at radius 3 is 1.34 bits per heavy atom. The van der Waals surface area contributed by atoms with Gasteiger partial charge in [0.2, 0.25) is 0 Å².